The van der Waals surface area contributed by atoms with E-state index >= 15 is 0 Å². The van der Waals surface area contributed by atoms with Gasteiger partial charge >= 0.3 is 6.09 Å². The Bertz CT molecular complexity index is 1850. The Hall–Kier alpha value is -4.44. The van der Waals surface area contributed by atoms with Crippen molar-refractivity contribution in [2.24, 2.45) is 0 Å². The smallest absolute Gasteiger partial charge is 0.407 e. The Kier molecular flexibility index (Phi) is 7.79. The van der Waals surface area contributed by atoms with E-state index in [1.165, 1.54) is 4.68 Å². The van der Waals surface area contributed by atoms with Gasteiger partial charge in [0.05, 0.1) is 12.2 Å². The molecule has 1 saturated heterocycles. The van der Waals surface area contributed by atoms with E-state index in [2.05, 4.69) is 20.3 Å². The second-order valence-electron chi connectivity index (χ2n) is 11.9. The molecule has 10 nitrogen and oxygen atoms in total. The van der Waals surface area contributed by atoms with Crippen molar-refractivity contribution in [1.82, 2.24) is 29.7 Å². The Morgan fingerprint density at radius 3 is 2.72 bits per heavy atom. The molecular weight excluding hydrogens is 566 g/mol. The van der Waals surface area contributed by atoms with Crippen LogP contribution < -0.4 is 15.8 Å². The molecule has 1 atom stereocenters. The van der Waals surface area contributed by atoms with Gasteiger partial charge in [0, 0.05) is 47.7 Å². The third-order valence-electron chi connectivity index (χ3n) is 7.55. The third kappa shape index (κ3) is 6.19. The summed E-state index contributed by atoms with van der Waals surface area (Å²) >= 11 is 6.59. The van der Waals surface area contributed by atoms with Gasteiger partial charge in [-0.3, -0.25) is 9.78 Å². The molecular formula is C32H34ClN7O3. The molecule has 5 aromatic rings. The number of hydrogen-bond donors (Lipinski definition) is 1. The zero-order chi connectivity index (χ0) is 30.1. The molecule has 0 aliphatic carbocycles. The lowest BCUT2D eigenvalue weighted by Gasteiger charge is -2.34. The number of ether oxygens (including phenoxy) is 1. The van der Waals surface area contributed by atoms with Crippen LogP contribution in [0, 0.1) is 0 Å². The zero-order valence-electron chi connectivity index (χ0n) is 24.5. The van der Waals surface area contributed by atoms with Crippen molar-refractivity contribution in [3.8, 4) is 0 Å². The zero-order valence-corrected chi connectivity index (χ0v) is 25.2. The molecule has 0 bridgehead atoms. The van der Waals surface area contributed by atoms with Crippen molar-refractivity contribution < 1.29 is 9.53 Å². The summed E-state index contributed by atoms with van der Waals surface area (Å²) in [6, 6.07) is 17.4. The van der Waals surface area contributed by atoms with Crippen LogP contribution in [0.4, 0.5) is 10.6 Å². The summed E-state index contributed by atoms with van der Waals surface area (Å²) in [5.74, 6) is 0.676. The van der Waals surface area contributed by atoms with Gasteiger partial charge in [-0.05, 0) is 56.7 Å². The molecule has 1 N–H and O–H groups in total. The number of aromatic nitrogens is 5. The van der Waals surface area contributed by atoms with Crippen molar-refractivity contribution in [2.75, 3.05) is 18.0 Å². The monoisotopic (exact) mass is 599 g/mol. The lowest BCUT2D eigenvalue weighted by molar-refractivity contribution is 0.0500. The summed E-state index contributed by atoms with van der Waals surface area (Å²) in [5.41, 5.74) is 2.00. The highest BCUT2D eigenvalue weighted by molar-refractivity contribution is 6.31. The van der Waals surface area contributed by atoms with Gasteiger partial charge < -0.3 is 15.0 Å². The van der Waals surface area contributed by atoms with Gasteiger partial charge in [-0.2, -0.15) is 5.10 Å². The summed E-state index contributed by atoms with van der Waals surface area (Å²) in [4.78, 5) is 33.3. The molecule has 1 aliphatic heterocycles. The average molecular weight is 600 g/mol. The lowest BCUT2D eigenvalue weighted by atomic mass is 10.0. The Labute approximate surface area is 254 Å². The van der Waals surface area contributed by atoms with E-state index in [4.69, 9.17) is 21.4 Å². The van der Waals surface area contributed by atoms with Crippen LogP contribution in [0.25, 0.3) is 16.3 Å². The molecule has 222 valence electrons. The first-order valence-electron chi connectivity index (χ1n) is 14.4. The first-order chi connectivity index (χ1) is 20.7. The summed E-state index contributed by atoms with van der Waals surface area (Å²) in [7, 11) is 0. The largest absolute Gasteiger partial charge is 0.444 e. The maximum absolute atomic E-state index is 14.1. The van der Waals surface area contributed by atoms with Gasteiger partial charge in [0.2, 0.25) is 0 Å². The highest BCUT2D eigenvalue weighted by Gasteiger charge is 2.29. The minimum absolute atomic E-state index is 0.131. The van der Waals surface area contributed by atoms with Gasteiger partial charge in [0.15, 0.2) is 5.82 Å². The minimum Gasteiger partial charge on any atom is -0.444 e. The van der Waals surface area contributed by atoms with Crippen molar-refractivity contribution in [2.45, 2.75) is 58.2 Å². The van der Waals surface area contributed by atoms with Gasteiger partial charge in [0.25, 0.3) is 5.56 Å². The van der Waals surface area contributed by atoms with E-state index in [-0.39, 0.29) is 18.1 Å². The molecule has 0 spiro atoms. The number of hydrogen-bond acceptors (Lipinski definition) is 7. The topological polar surface area (TPSA) is 107 Å². The number of nitrogens with zero attached hydrogens (tertiary/aromatic N) is 6. The summed E-state index contributed by atoms with van der Waals surface area (Å²) in [6.07, 6.45) is 4.94. The fourth-order valence-electron chi connectivity index (χ4n) is 5.63. The predicted molar refractivity (Wildman–Crippen MR) is 167 cm³/mol. The number of alkyl carbamates (subject to hydrolysis) is 1. The molecule has 1 aliphatic rings. The number of fused-ring (bicyclic) bond motifs is 2. The van der Waals surface area contributed by atoms with E-state index in [1.807, 2.05) is 75.4 Å². The van der Waals surface area contributed by atoms with Crippen LogP contribution in [-0.4, -0.2) is 55.2 Å². The highest BCUT2D eigenvalue weighted by Crippen LogP contribution is 2.30. The molecule has 4 heterocycles. The normalized spacial score (nSPS) is 15.6. The summed E-state index contributed by atoms with van der Waals surface area (Å²) in [5, 5.41) is 15.0. The van der Waals surface area contributed by atoms with E-state index in [0.29, 0.717) is 29.3 Å². The van der Waals surface area contributed by atoms with Crippen molar-refractivity contribution >= 4 is 39.8 Å². The lowest BCUT2D eigenvalue weighted by Crippen LogP contribution is -2.49. The second-order valence-corrected chi connectivity index (χ2v) is 12.3. The van der Waals surface area contributed by atoms with Crippen molar-refractivity contribution in [3.05, 3.63) is 99.3 Å². The number of benzene rings is 2. The quantitative estimate of drug-likeness (QED) is 0.285. The second kappa shape index (κ2) is 11.7. The molecule has 0 radical (unpaired) electrons. The number of nitrogens with one attached hydrogen (secondary N) is 1. The number of carbonyl (C=O) groups is 1. The number of piperidine rings is 1. The third-order valence-corrected chi connectivity index (χ3v) is 7.92. The SMILES string of the molecule is CC(C)(C)OC(=O)N[C@@H]1CCCN(c2nn3cnn(Cc4nccc5ccccc45)c(=O)c3c2Cc2ccccc2Cl)C1. The first kappa shape index (κ1) is 28.7. The number of halogens is 1. The van der Waals surface area contributed by atoms with Crippen LogP contribution in [0.15, 0.2) is 71.9 Å². The number of amides is 1. The minimum atomic E-state index is -0.587. The standard InChI is InChI=1S/C32H34ClN7O3/c1-32(2,3)43-31(42)36-23-11-8-16-38(18-23)29-25(17-22-10-5-7-13-26(22)33)28-30(41)39(35-20-40(28)37-29)19-27-24-12-6-4-9-21(24)14-15-34-27/h4-7,9-10,12-15,20,23H,8,11,16-19H2,1-3H3,(H,36,42)/t23-/m1/s1. The van der Waals surface area contributed by atoms with Gasteiger partial charge in [-0.25, -0.2) is 14.0 Å². The number of anilines is 1. The van der Waals surface area contributed by atoms with E-state index < -0.39 is 11.7 Å². The fraction of sp³-hybridized carbons (Fsp3) is 0.344. The van der Waals surface area contributed by atoms with E-state index in [9.17, 15) is 9.59 Å². The van der Waals surface area contributed by atoms with Crippen LogP contribution in [0.1, 0.15) is 50.4 Å². The van der Waals surface area contributed by atoms with E-state index in [0.717, 1.165) is 47.0 Å². The fourth-order valence-corrected chi connectivity index (χ4v) is 5.83. The predicted octanol–water partition coefficient (Wildman–Crippen LogP) is 5.23. The van der Waals surface area contributed by atoms with Crippen LogP contribution in [-0.2, 0) is 17.7 Å². The van der Waals surface area contributed by atoms with Gasteiger partial charge in [-0.1, -0.05) is 54.1 Å². The molecule has 1 fully saturated rings. The molecule has 43 heavy (non-hydrogen) atoms. The molecule has 11 heteroatoms. The average Bonchev–Trinajstić information content (AvgIpc) is 3.34. The molecule has 0 unspecified atom stereocenters. The maximum atomic E-state index is 14.1. The van der Waals surface area contributed by atoms with Gasteiger partial charge in [0.1, 0.15) is 17.4 Å². The Morgan fingerprint density at radius 2 is 1.91 bits per heavy atom. The van der Waals surface area contributed by atoms with Crippen molar-refractivity contribution in [3.63, 3.8) is 0 Å². The van der Waals surface area contributed by atoms with E-state index in [1.54, 1.807) is 17.0 Å². The number of pyridine rings is 1. The van der Waals surface area contributed by atoms with Crippen molar-refractivity contribution in [1.29, 1.82) is 0 Å². The number of carbonyl (C=O) groups excluding carboxylic acids is 1. The van der Waals surface area contributed by atoms with Crippen LogP contribution in [0.2, 0.25) is 5.02 Å². The summed E-state index contributed by atoms with van der Waals surface area (Å²) in [6.45, 7) is 7.00. The van der Waals surface area contributed by atoms with Gasteiger partial charge in [-0.15, -0.1) is 5.10 Å². The Morgan fingerprint density at radius 1 is 1.12 bits per heavy atom. The summed E-state index contributed by atoms with van der Waals surface area (Å²) < 4.78 is 8.49. The Balaban J connectivity index is 1.39. The molecule has 3 aromatic heterocycles. The molecule has 0 saturated carbocycles. The first-order valence-corrected chi connectivity index (χ1v) is 14.8. The van der Waals surface area contributed by atoms with Crippen LogP contribution >= 0.6 is 11.6 Å². The molecule has 6 rings (SSSR count). The van der Waals surface area contributed by atoms with Crippen LogP contribution in [0.3, 0.4) is 0 Å². The molecule has 2 aromatic carbocycles. The molecule has 1 amide bonds. The highest BCUT2D eigenvalue weighted by atomic mass is 35.5. The maximum Gasteiger partial charge on any atom is 0.407 e. The number of rotatable bonds is 6. The van der Waals surface area contributed by atoms with Crippen LogP contribution in [0.5, 0.6) is 0 Å².